The van der Waals surface area contributed by atoms with E-state index in [0.29, 0.717) is 18.8 Å². The molecule has 8 nitrogen and oxygen atoms in total. The molecule has 144 valence electrons. The van der Waals surface area contributed by atoms with Crippen molar-refractivity contribution in [3.05, 3.63) is 11.5 Å². The van der Waals surface area contributed by atoms with Crippen LogP contribution in [0.4, 0.5) is 0 Å². The SMILES string of the molecule is Cc1noc(C)c1S(=O)(=O)N1CCN(C(=O)[C@@H](N)C(C)(C)C)CC1.Cl. The Bertz CT molecular complexity index is 699. The Morgan fingerprint density at radius 1 is 1.20 bits per heavy atom. The number of hydrogen-bond acceptors (Lipinski definition) is 6. The zero-order chi connectivity index (χ0) is 18.3. The van der Waals surface area contributed by atoms with Crippen molar-refractivity contribution in [2.45, 2.75) is 45.6 Å². The summed E-state index contributed by atoms with van der Waals surface area (Å²) >= 11 is 0. The maximum absolute atomic E-state index is 12.8. The fourth-order valence-electron chi connectivity index (χ4n) is 2.69. The van der Waals surface area contributed by atoms with Gasteiger partial charge in [0, 0.05) is 26.2 Å². The van der Waals surface area contributed by atoms with Gasteiger partial charge in [-0.05, 0) is 19.3 Å². The predicted octanol–water partition coefficient (Wildman–Crippen LogP) is 0.920. The normalized spacial score (nSPS) is 17.9. The summed E-state index contributed by atoms with van der Waals surface area (Å²) in [6, 6.07) is -0.608. The van der Waals surface area contributed by atoms with Crippen LogP contribution in [0.25, 0.3) is 0 Å². The Balaban J connectivity index is 0.00000312. The lowest BCUT2D eigenvalue weighted by Gasteiger charge is -2.37. The van der Waals surface area contributed by atoms with E-state index in [-0.39, 0.29) is 47.5 Å². The minimum atomic E-state index is -3.67. The van der Waals surface area contributed by atoms with Gasteiger partial charge in [-0.3, -0.25) is 4.79 Å². The highest BCUT2D eigenvalue weighted by Crippen LogP contribution is 2.25. The molecule has 1 aliphatic heterocycles. The van der Waals surface area contributed by atoms with Crippen LogP contribution in [0.5, 0.6) is 0 Å². The molecule has 0 aromatic carbocycles. The highest BCUT2D eigenvalue weighted by molar-refractivity contribution is 7.89. The lowest BCUT2D eigenvalue weighted by Crippen LogP contribution is -2.56. The zero-order valence-electron chi connectivity index (χ0n) is 15.3. The second-order valence-corrected chi connectivity index (χ2v) is 9.10. The maximum atomic E-state index is 12.8. The minimum Gasteiger partial charge on any atom is -0.360 e. The van der Waals surface area contributed by atoms with Crippen LogP contribution in [0.3, 0.4) is 0 Å². The van der Waals surface area contributed by atoms with Crippen molar-refractivity contribution >= 4 is 28.3 Å². The van der Waals surface area contributed by atoms with E-state index in [1.54, 1.807) is 18.7 Å². The number of nitrogens with zero attached hydrogens (tertiary/aromatic N) is 3. The van der Waals surface area contributed by atoms with Gasteiger partial charge in [0.15, 0.2) is 5.76 Å². The standard InChI is InChI=1S/C15H26N4O4S.ClH/c1-10-12(11(2)23-17-10)24(21,22)19-8-6-18(7-9-19)14(20)13(16)15(3,4)5;/h13H,6-9,16H2,1-5H3;1H/t13-;/m1./s1. The number of carbonyl (C=O) groups excluding carboxylic acids is 1. The Kier molecular flexibility index (Phi) is 6.66. The number of piperazine rings is 1. The monoisotopic (exact) mass is 394 g/mol. The van der Waals surface area contributed by atoms with E-state index in [0.717, 1.165) is 0 Å². The molecule has 0 bridgehead atoms. The molecule has 1 atom stereocenters. The number of hydrogen-bond donors (Lipinski definition) is 1. The number of sulfonamides is 1. The number of rotatable bonds is 3. The van der Waals surface area contributed by atoms with Gasteiger partial charge in [-0.1, -0.05) is 25.9 Å². The lowest BCUT2D eigenvalue weighted by atomic mass is 9.86. The summed E-state index contributed by atoms with van der Waals surface area (Å²) in [4.78, 5) is 14.2. The summed E-state index contributed by atoms with van der Waals surface area (Å²) in [6.07, 6.45) is 0. The maximum Gasteiger partial charge on any atom is 0.248 e. The number of aromatic nitrogens is 1. The molecule has 0 radical (unpaired) electrons. The molecule has 2 N–H and O–H groups in total. The first-order chi connectivity index (χ1) is 11.0. The first-order valence-corrected chi connectivity index (χ1v) is 9.37. The van der Waals surface area contributed by atoms with Gasteiger partial charge in [-0.15, -0.1) is 12.4 Å². The van der Waals surface area contributed by atoms with Gasteiger partial charge in [0.25, 0.3) is 0 Å². The molecule has 1 aromatic rings. The summed E-state index contributed by atoms with van der Waals surface area (Å²) in [5.41, 5.74) is 6.03. The first-order valence-electron chi connectivity index (χ1n) is 7.93. The molecule has 0 unspecified atom stereocenters. The van der Waals surface area contributed by atoms with E-state index < -0.39 is 16.1 Å². The van der Waals surface area contributed by atoms with Gasteiger partial charge in [-0.25, -0.2) is 8.42 Å². The zero-order valence-corrected chi connectivity index (χ0v) is 16.9. The van der Waals surface area contributed by atoms with Crippen LogP contribution in [0.1, 0.15) is 32.2 Å². The van der Waals surface area contributed by atoms with E-state index in [1.165, 1.54) is 4.31 Å². The van der Waals surface area contributed by atoms with Gasteiger partial charge in [-0.2, -0.15) is 4.31 Å². The van der Waals surface area contributed by atoms with Crippen molar-refractivity contribution in [2.75, 3.05) is 26.2 Å². The van der Waals surface area contributed by atoms with Gasteiger partial charge in [0.05, 0.1) is 6.04 Å². The number of carbonyl (C=O) groups is 1. The van der Waals surface area contributed by atoms with Crippen LogP contribution in [0.2, 0.25) is 0 Å². The molecule has 1 aromatic heterocycles. The molecule has 25 heavy (non-hydrogen) atoms. The summed E-state index contributed by atoms with van der Waals surface area (Å²) in [6.45, 7) is 10.0. The molecule has 0 saturated carbocycles. The second kappa shape index (κ2) is 7.61. The summed E-state index contributed by atoms with van der Waals surface area (Å²) in [5.74, 6) is 0.137. The van der Waals surface area contributed by atoms with Crippen LogP contribution in [0.15, 0.2) is 9.42 Å². The van der Waals surface area contributed by atoms with Crippen LogP contribution in [-0.2, 0) is 14.8 Å². The summed E-state index contributed by atoms with van der Waals surface area (Å²) in [5, 5.41) is 3.71. The van der Waals surface area contributed by atoms with E-state index >= 15 is 0 Å². The molecule has 2 heterocycles. The smallest absolute Gasteiger partial charge is 0.248 e. The van der Waals surface area contributed by atoms with E-state index in [2.05, 4.69) is 5.16 Å². The van der Waals surface area contributed by atoms with Crippen molar-refractivity contribution in [3.8, 4) is 0 Å². The van der Waals surface area contributed by atoms with Crippen molar-refractivity contribution in [2.24, 2.45) is 11.1 Å². The van der Waals surface area contributed by atoms with E-state index in [4.69, 9.17) is 10.3 Å². The fraction of sp³-hybridized carbons (Fsp3) is 0.733. The number of halogens is 1. The first kappa shape index (κ1) is 21.9. The Hall–Kier alpha value is -1.16. The highest BCUT2D eigenvalue weighted by atomic mass is 35.5. The average molecular weight is 395 g/mol. The molecule has 1 amide bonds. The molecule has 1 saturated heterocycles. The van der Waals surface area contributed by atoms with E-state index in [9.17, 15) is 13.2 Å². The Labute approximate surface area is 155 Å². The van der Waals surface area contributed by atoms with E-state index in [1.807, 2.05) is 20.8 Å². The second-order valence-electron chi connectivity index (χ2n) is 7.23. The number of nitrogens with two attached hydrogens (primary N) is 1. The molecule has 10 heteroatoms. The summed E-state index contributed by atoms with van der Waals surface area (Å²) in [7, 11) is -3.67. The van der Waals surface area contributed by atoms with Crippen LogP contribution in [-0.4, -0.2) is 60.9 Å². The third-order valence-corrected chi connectivity index (χ3v) is 6.46. The molecular formula is C15H27ClN4O4S. The van der Waals surface area contributed by atoms with Gasteiger partial charge in [0.2, 0.25) is 15.9 Å². The van der Waals surface area contributed by atoms with Crippen LogP contribution >= 0.6 is 12.4 Å². The average Bonchev–Trinajstić information content (AvgIpc) is 2.84. The number of aryl methyl sites for hydroxylation is 2. The number of amides is 1. The quantitative estimate of drug-likeness (QED) is 0.816. The largest absolute Gasteiger partial charge is 0.360 e. The van der Waals surface area contributed by atoms with Gasteiger partial charge >= 0.3 is 0 Å². The van der Waals surface area contributed by atoms with Crippen molar-refractivity contribution in [3.63, 3.8) is 0 Å². The molecule has 1 aliphatic rings. The van der Waals surface area contributed by atoms with Crippen LogP contribution < -0.4 is 5.73 Å². The predicted molar refractivity (Wildman–Crippen MR) is 96.0 cm³/mol. The highest BCUT2D eigenvalue weighted by Gasteiger charge is 2.37. The summed E-state index contributed by atoms with van der Waals surface area (Å²) < 4.78 is 31.8. The molecule has 0 aliphatic carbocycles. The Morgan fingerprint density at radius 2 is 1.72 bits per heavy atom. The van der Waals surface area contributed by atoms with Crippen molar-refractivity contribution in [1.29, 1.82) is 0 Å². The third kappa shape index (κ3) is 4.33. The van der Waals surface area contributed by atoms with Crippen LogP contribution in [0, 0.1) is 19.3 Å². The van der Waals surface area contributed by atoms with Gasteiger partial charge < -0.3 is 15.2 Å². The topological polar surface area (TPSA) is 110 Å². The third-order valence-electron chi connectivity index (χ3n) is 4.32. The van der Waals surface area contributed by atoms with Gasteiger partial charge in [0.1, 0.15) is 10.6 Å². The Morgan fingerprint density at radius 3 is 2.12 bits per heavy atom. The lowest BCUT2D eigenvalue weighted by molar-refractivity contribution is -0.136. The molecule has 0 spiro atoms. The van der Waals surface area contributed by atoms with Crippen molar-refractivity contribution in [1.82, 2.24) is 14.4 Å². The molecular weight excluding hydrogens is 368 g/mol. The van der Waals surface area contributed by atoms with Crippen molar-refractivity contribution < 1.29 is 17.7 Å². The molecule has 1 fully saturated rings. The minimum absolute atomic E-state index is 0. The molecule has 2 rings (SSSR count). The fourth-order valence-corrected chi connectivity index (χ4v) is 4.40.